The second-order valence-corrected chi connectivity index (χ2v) is 7.37. The van der Waals surface area contributed by atoms with Gasteiger partial charge in [0.1, 0.15) is 17.8 Å². The van der Waals surface area contributed by atoms with Crippen molar-refractivity contribution in [2.45, 2.75) is 25.4 Å². The van der Waals surface area contributed by atoms with Crippen LogP contribution in [0.4, 0.5) is 4.79 Å². The summed E-state index contributed by atoms with van der Waals surface area (Å²) in [5.74, 6) is 1.13. The lowest BCUT2D eigenvalue weighted by molar-refractivity contribution is -0.132. The van der Waals surface area contributed by atoms with E-state index in [1.54, 1.807) is 49.7 Å². The number of amides is 3. The summed E-state index contributed by atoms with van der Waals surface area (Å²) in [5, 5.41) is 3.47. The maximum Gasteiger partial charge on any atom is 0.325 e. The Morgan fingerprint density at radius 1 is 1.13 bits per heavy atom. The summed E-state index contributed by atoms with van der Waals surface area (Å²) in [7, 11) is 1.57. The third-order valence-corrected chi connectivity index (χ3v) is 5.52. The molecule has 0 saturated carbocycles. The number of halogens is 1. The number of hydrogen-bond donors (Lipinski definition) is 1. The Kier molecular flexibility index (Phi) is 5.22. The highest BCUT2D eigenvalue weighted by Crippen LogP contribution is 2.34. The first-order valence-corrected chi connectivity index (χ1v) is 9.84. The first kappa shape index (κ1) is 20.0. The molecule has 1 atom stereocenters. The Hall–Kier alpha value is -3.32. The number of aromatic nitrogens is 1. The van der Waals surface area contributed by atoms with E-state index in [-0.39, 0.29) is 18.3 Å². The van der Waals surface area contributed by atoms with Crippen molar-refractivity contribution in [3.05, 3.63) is 71.2 Å². The zero-order valence-corrected chi connectivity index (χ0v) is 17.3. The Morgan fingerprint density at radius 2 is 1.83 bits per heavy atom. The molecule has 8 heteroatoms. The molecule has 1 N–H and O–H groups in total. The molecule has 3 aromatic rings. The number of imide groups is 1. The van der Waals surface area contributed by atoms with Crippen molar-refractivity contribution in [2.75, 3.05) is 7.11 Å². The molecule has 1 fully saturated rings. The smallest absolute Gasteiger partial charge is 0.325 e. The SMILES string of the molecule is CC[C@@]1(c2ccc(OC)cc2)NC(=O)N(Cc2ncc(-c3ccc(Cl)cc3)o2)C1=O. The number of hydrogen-bond acceptors (Lipinski definition) is 5. The summed E-state index contributed by atoms with van der Waals surface area (Å²) in [6.07, 6.45) is 1.97. The maximum absolute atomic E-state index is 13.3. The molecule has 30 heavy (non-hydrogen) atoms. The highest BCUT2D eigenvalue weighted by atomic mass is 35.5. The summed E-state index contributed by atoms with van der Waals surface area (Å²) in [6, 6.07) is 13.7. The Labute approximate surface area is 178 Å². The molecule has 154 valence electrons. The highest BCUT2D eigenvalue weighted by Gasteiger charge is 2.51. The van der Waals surface area contributed by atoms with Crippen molar-refractivity contribution in [1.82, 2.24) is 15.2 Å². The number of methoxy groups -OCH3 is 1. The van der Waals surface area contributed by atoms with Gasteiger partial charge >= 0.3 is 6.03 Å². The van der Waals surface area contributed by atoms with Crippen molar-refractivity contribution >= 4 is 23.5 Å². The first-order valence-electron chi connectivity index (χ1n) is 9.46. The van der Waals surface area contributed by atoms with E-state index in [1.807, 2.05) is 19.1 Å². The predicted molar refractivity (Wildman–Crippen MR) is 111 cm³/mol. The number of nitrogens with one attached hydrogen (secondary N) is 1. The third-order valence-electron chi connectivity index (χ3n) is 5.26. The fourth-order valence-corrected chi connectivity index (χ4v) is 3.68. The maximum atomic E-state index is 13.3. The molecule has 0 spiro atoms. The van der Waals surface area contributed by atoms with Gasteiger partial charge in [0.25, 0.3) is 5.91 Å². The van der Waals surface area contributed by atoms with E-state index in [9.17, 15) is 9.59 Å². The molecule has 7 nitrogen and oxygen atoms in total. The second-order valence-electron chi connectivity index (χ2n) is 6.93. The summed E-state index contributed by atoms with van der Waals surface area (Å²) in [6.45, 7) is 1.80. The van der Waals surface area contributed by atoms with Crippen molar-refractivity contribution < 1.29 is 18.7 Å². The van der Waals surface area contributed by atoms with E-state index in [0.717, 1.165) is 10.5 Å². The summed E-state index contributed by atoms with van der Waals surface area (Å²) in [5.41, 5.74) is 0.368. The van der Waals surface area contributed by atoms with Gasteiger partial charge in [0, 0.05) is 10.6 Å². The minimum Gasteiger partial charge on any atom is -0.497 e. The molecule has 1 aromatic heterocycles. The summed E-state index contributed by atoms with van der Waals surface area (Å²) in [4.78, 5) is 31.3. The van der Waals surface area contributed by atoms with Crippen molar-refractivity contribution in [1.29, 1.82) is 0 Å². The lowest BCUT2D eigenvalue weighted by Gasteiger charge is -2.25. The monoisotopic (exact) mass is 425 g/mol. The van der Waals surface area contributed by atoms with Crippen LogP contribution in [0.2, 0.25) is 5.02 Å². The van der Waals surface area contributed by atoms with Crippen LogP contribution >= 0.6 is 11.6 Å². The van der Waals surface area contributed by atoms with E-state index in [2.05, 4.69) is 10.3 Å². The number of carbonyl (C=O) groups excluding carboxylic acids is 2. The van der Waals surface area contributed by atoms with Crippen LogP contribution in [-0.4, -0.2) is 28.9 Å². The van der Waals surface area contributed by atoms with Crippen LogP contribution in [0, 0.1) is 0 Å². The molecule has 4 rings (SSSR count). The van der Waals surface area contributed by atoms with Gasteiger partial charge in [-0.2, -0.15) is 0 Å². The summed E-state index contributed by atoms with van der Waals surface area (Å²) >= 11 is 5.92. The van der Waals surface area contributed by atoms with E-state index < -0.39 is 11.6 Å². The Balaban J connectivity index is 1.57. The highest BCUT2D eigenvalue weighted by molar-refractivity contribution is 6.30. The largest absolute Gasteiger partial charge is 0.497 e. The molecule has 1 aliphatic rings. The number of ether oxygens (including phenoxy) is 1. The molecular weight excluding hydrogens is 406 g/mol. The molecule has 2 heterocycles. The zero-order valence-electron chi connectivity index (χ0n) is 16.5. The molecular formula is C22H20ClN3O4. The number of oxazole rings is 1. The van der Waals surface area contributed by atoms with Crippen molar-refractivity contribution in [3.63, 3.8) is 0 Å². The number of carbonyl (C=O) groups is 2. The third kappa shape index (κ3) is 3.41. The molecule has 0 bridgehead atoms. The number of rotatable bonds is 6. The molecule has 0 radical (unpaired) electrons. The van der Waals surface area contributed by atoms with Crippen LogP contribution in [0.5, 0.6) is 5.75 Å². The van der Waals surface area contributed by atoms with E-state index in [4.69, 9.17) is 20.8 Å². The first-order chi connectivity index (χ1) is 14.5. The van der Waals surface area contributed by atoms with Crippen LogP contribution in [0.3, 0.4) is 0 Å². The summed E-state index contributed by atoms with van der Waals surface area (Å²) < 4.78 is 10.9. The number of urea groups is 1. The van der Waals surface area contributed by atoms with Gasteiger partial charge in [0.05, 0.1) is 13.3 Å². The minimum absolute atomic E-state index is 0.0594. The molecule has 3 amide bonds. The fourth-order valence-electron chi connectivity index (χ4n) is 3.55. The van der Waals surface area contributed by atoms with Gasteiger partial charge < -0.3 is 14.5 Å². The molecule has 1 aliphatic heterocycles. The van der Waals surface area contributed by atoms with Gasteiger partial charge in [-0.3, -0.25) is 9.69 Å². The van der Waals surface area contributed by atoms with Crippen LogP contribution in [0.1, 0.15) is 24.8 Å². The number of benzene rings is 2. The van der Waals surface area contributed by atoms with Gasteiger partial charge in [-0.1, -0.05) is 30.7 Å². The average molecular weight is 426 g/mol. The van der Waals surface area contributed by atoms with E-state index >= 15 is 0 Å². The number of nitrogens with zero attached hydrogens (tertiary/aromatic N) is 2. The van der Waals surface area contributed by atoms with Crippen LogP contribution < -0.4 is 10.1 Å². The molecule has 2 aromatic carbocycles. The van der Waals surface area contributed by atoms with Crippen molar-refractivity contribution in [2.24, 2.45) is 0 Å². The van der Waals surface area contributed by atoms with Gasteiger partial charge in [-0.05, 0) is 48.4 Å². The quantitative estimate of drug-likeness (QED) is 0.593. The Bertz CT molecular complexity index is 1080. The van der Waals surface area contributed by atoms with E-state index in [1.165, 1.54) is 0 Å². The fraction of sp³-hybridized carbons (Fsp3) is 0.227. The second kappa shape index (κ2) is 7.84. The van der Waals surface area contributed by atoms with Crippen LogP contribution in [-0.2, 0) is 16.9 Å². The van der Waals surface area contributed by atoms with Gasteiger partial charge in [-0.25, -0.2) is 9.78 Å². The normalized spacial score (nSPS) is 18.6. The van der Waals surface area contributed by atoms with Gasteiger partial charge in [0.15, 0.2) is 5.76 Å². The lowest BCUT2D eigenvalue weighted by Crippen LogP contribution is -2.43. The zero-order chi connectivity index (χ0) is 21.3. The van der Waals surface area contributed by atoms with E-state index in [0.29, 0.717) is 28.5 Å². The molecule has 1 saturated heterocycles. The van der Waals surface area contributed by atoms with Crippen molar-refractivity contribution in [3.8, 4) is 17.1 Å². The van der Waals surface area contributed by atoms with Gasteiger partial charge in [0.2, 0.25) is 5.89 Å². The predicted octanol–water partition coefficient (Wildman–Crippen LogP) is 4.36. The standard InChI is InChI=1S/C22H20ClN3O4/c1-3-22(15-6-10-17(29-2)11-7-15)20(27)26(21(28)25-22)13-19-24-12-18(30-19)14-4-8-16(23)9-5-14/h4-12H,3,13H2,1-2H3,(H,25,28)/t22-/m0/s1. The lowest BCUT2D eigenvalue weighted by atomic mass is 9.87. The topological polar surface area (TPSA) is 84.7 Å². The average Bonchev–Trinajstić information content (AvgIpc) is 3.33. The van der Waals surface area contributed by atoms with Gasteiger partial charge in [-0.15, -0.1) is 0 Å². The minimum atomic E-state index is -1.13. The van der Waals surface area contributed by atoms with Crippen LogP contribution in [0.15, 0.2) is 59.1 Å². The molecule has 0 aliphatic carbocycles. The Morgan fingerprint density at radius 3 is 2.47 bits per heavy atom. The molecule has 0 unspecified atom stereocenters. The van der Waals surface area contributed by atoms with Crippen LogP contribution in [0.25, 0.3) is 11.3 Å².